The first kappa shape index (κ1) is 9.74. The summed E-state index contributed by atoms with van der Waals surface area (Å²) < 4.78 is 0. The third-order valence-corrected chi connectivity index (χ3v) is 1.17. The van der Waals surface area contributed by atoms with E-state index in [0.717, 1.165) is 6.42 Å². The lowest BCUT2D eigenvalue weighted by atomic mass is 10.4. The molecule has 0 aromatic heterocycles. The molecule has 11 heavy (non-hydrogen) atoms. The number of hydrogen-bond acceptors (Lipinski definition) is 2. The first-order valence-corrected chi connectivity index (χ1v) is 3.45. The summed E-state index contributed by atoms with van der Waals surface area (Å²) in [5, 5.41) is 6.92. The average molecular weight is 158 g/mol. The van der Waals surface area contributed by atoms with Gasteiger partial charge in [0.1, 0.15) is 5.84 Å². The van der Waals surface area contributed by atoms with Gasteiger partial charge < -0.3 is 16.4 Å². The van der Waals surface area contributed by atoms with Crippen LogP contribution in [-0.2, 0) is 0 Å². The van der Waals surface area contributed by atoms with Crippen molar-refractivity contribution in [2.24, 2.45) is 11.5 Å². The second-order valence-electron chi connectivity index (χ2n) is 2.29. The molecule has 0 aliphatic carbocycles. The fourth-order valence-electron chi connectivity index (χ4n) is 0.743. The number of amidine groups is 1. The second kappa shape index (κ2) is 4.54. The maximum absolute atomic E-state index is 10.6. The summed E-state index contributed by atoms with van der Waals surface area (Å²) in [5.41, 5.74) is 10.1. The SMILES string of the molecule is CCCN(CC(=N)N)C(N)=O. The van der Waals surface area contributed by atoms with Gasteiger partial charge in [0.05, 0.1) is 6.54 Å². The van der Waals surface area contributed by atoms with Crippen LogP contribution in [-0.4, -0.2) is 29.9 Å². The van der Waals surface area contributed by atoms with Crippen molar-refractivity contribution in [3.8, 4) is 0 Å². The number of amides is 2. The first-order valence-electron chi connectivity index (χ1n) is 3.45. The van der Waals surface area contributed by atoms with Gasteiger partial charge in [-0.25, -0.2) is 4.79 Å². The van der Waals surface area contributed by atoms with Crippen LogP contribution in [0.25, 0.3) is 0 Å². The van der Waals surface area contributed by atoms with Crippen molar-refractivity contribution < 1.29 is 4.79 Å². The summed E-state index contributed by atoms with van der Waals surface area (Å²) in [5.74, 6) is -0.0442. The van der Waals surface area contributed by atoms with E-state index in [4.69, 9.17) is 16.9 Å². The zero-order valence-electron chi connectivity index (χ0n) is 6.63. The lowest BCUT2D eigenvalue weighted by molar-refractivity contribution is 0.214. The Balaban J connectivity index is 3.89. The Morgan fingerprint density at radius 3 is 2.36 bits per heavy atom. The van der Waals surface area contributed by atoms with Crippen molar-refractivity contribution in [1.82, 2.24) is 4.90 Å². The van der Waals surface area contributed by atoms with Crippen molar-refractivity contribution in [2.75, 3.05) is 13.1 Å². The Hall–Kier alpha value is -1.26. The zero-order chi connectivity index (χ0) is 8.85. The van der Waals surface area contributed by atoms with Gasteiger partial charge in [-0.2, -0.15) is 0 Å². The Kier molecular flexibility index (Phi) is 4.02. The van der Waals surface area contributed by atoms with E-state index in [0.29, 0.717) is 6.54 Å². The van der Waals surface area contributed by atoms with E-state index in [1.54, 1.807) is 0 Å². The van der Waals surface area contributed by atoms with Crippen LogP contribution in [0.2, 0.25) is 0 Å². The van der Waals surface area contributed by atoms with Gasteiger partial charge in [-0.1, -0.05) is 6.92 Å². The molecule has 0 aliphatic heterocycles. The Morgan fingerprint density at radius 2 is 2.09 bits per heavy atom. The zero-order valence-corrected chi connectivity index (χ0v) is 6.63. The number of rotatable bonds is 4. The van der Waals surface area contributed by atoms with Crippen molar-refractivity contribution >= 4 is 11.9 Å². The van der Waals surface area contributed by atoms with Crippen molar-refractivity contribution in [3.63, 3.8) is 0 Å². The molecule has 0 saturated heterocycles. The normalized spacial score (nSPS) is 9.18. The molecule has 0 rings (SSSR count). The quantitative estimate of drug-likeness (QED) is 0.387. The highest BCUT2D eigenvalue weighted by Gasteiger charge is 2.08. The van der Waals surface area contributed by atoms with Crippen LogP contribution >= 0.6 is 0 Å². The molecule has 0 saturated carbocycles. The number of nitrogens with one attached hydrogen (secondary N) is 1. The number of carbonyl (C=O) groups excluding carboxylic acids is 1. The maximum atomic E-state index is 10.6. The van der Waals surface area contributed by atoms with Crippen LogP contribution in [0, 0.1) is 5.41 Å². The Bertz CT molecular complexity index is 157. The molecule has 5 heteroatoms. The molecule has 0 aromatic rings. The van der Waals surface area contributed by atoms with Crippen LogP contribution in [0.3, 0.4) is 0 Å². The second-order valence-corrected chi connectivity index (χ2v) is 2.29. The van der Waals surface area contributed by atoms with Crippen LogP contribution in [0.1, 0.15) is 13.3 Å². The monoisotopic (exact) mass is 158 g/mol. The molecule has 5 nitrogen and oxygen atoms in total. The van der Waals surface area contributed by atoms with E-state index >= 15 is 0 Å². The summed E-state index contributed by atoms with van der Waals surface area (Å²) >= 11 is 0. The molecule has 0 bridgehead atoms. The maximum Gasteiger partial charge on any atom is 0.315 e. The van der Waals surface area contributed by atoms with E-state index in [1.807, 2.05) is 6.92 Å². The van der Waals surface area contributed by atoms with E-state index in [-0.39, 0.29) is 12.4 Å². The molecule has 0 fully saturated rings. The third-order valence-electron chi connectivity index (χ3n) is 1.17. The lowest BCUT2D eigenvalue weighted by Gasteiger charge is -2.17. The molecule has 5 N–H and O–H groups in total. The Labute approximate surface area is 65.9 Å². The van der Waals surface area contributed by atoms with Gasteiger partial charge in [-0.15, -0.1) is 0 Å². The summed E-state index contributed by atoms with van der Waals surface area (Å²) in [6, 6.07) is -0.526. The number of primary amides is 1. The summed E-state index contributed by atoms with van der Waals surface area (Å²) in [4.78, 5) is 12.0. The van der Waals surface area contributed by atoms with Gasteiger partial charge in [0, 0.05) is 6.54 Å². The molecule has 2 amide bonds. The van der Waals surface area contributed by atoms with Crippen LogP contribution < -0.4 is 11.5 Å². The van der Waals surface area contributed by atoms with E-state index in [2.05, 4.69) is 0 Å². The molecule has 0 atom stereocenters. The predicted molar refractivity (Wildman–Crippen MR) is 43.4 cm³/mol. The third kappa shape index (κ3) is 4.19. The topological polar surface area (TPSA) is 96.2 Å². The first-order chi connectivity index (χ1) is 5.07. The lowest BCUT2D eigenvalue weighted by Crippen LogP contribution is -2.41. The predicted octanol–water partition coefficient (Wildman–Crippen LogP) is -0.287. The number of urea groups is 1. The summed E-state index contributed by atoms with van der Waals surface area (Å²) in [6.45, 7) is 2.61. The van der Waals surface area contributed by atoms with E-state index in [1.165, 1.54) is 4.90 Å². The fourth-order valence-corrected chi connectivity index (χ4v) is 0.743. The van der Waals surface area contributed by atoms with Crippen LogP contribution in [0.4, 0.5) is 4.79 Å². The molecule has 0 spiro atoms. The molecular weight excluding hydrogens is 144 g/mol. The van der Waals surface area contributed by atoms with Gasteiger partial charge >= 0.3 is 6.03 Å². The van der Waals surface area contributed by atoms with Crippen LogP contribution in [0.5, 0.6) is 0 Å². The van der Waals surface area contributed by atoms with Gasteiger partial charge in [0.25, 0.3) is 0 Å². The highest BCUT2D eigenvalue weighted by atomic mass is 16.2. The molecule has 0 aromatic carbocycles. The van der Waals surface area contributed by atoms with Gasteiger partial charge in [-0.3, -0.25) is 5.41 Å². The number of carbonyl (C=O) groups is 1. The van der Waals surface area contributed by atoms with E-state index in [9.17, 15) is 4.79 Å². The summed E-state index contributed by atoms with van der Waals surface area (Å²) in [6.07, 6.45) is 0.816. The number of nitrogens with two attached hydrogens (primary N) is 2. The number of hydrogen-bond donors (Lipinski definition) is 3. The van der Waals surface area contributed by atoms with Crippen molar-refractivity contribution in [2.45, 2.75) is 13.3 Å². The molecule has 0 heterocycles. The highest BCUT2D eigenvalue weighted by Crippen LogP contribution is 1.89. The van der Waals surface area contributed by atoms with Crippen molar-refractivity contribution in [3.05, 3.63) is 0 Å². The standard InChI is InChI=1S/C6H14N4O/c1-2-3-10(6(9)11)4-5(7)8/h2-4H2,1H3,(H3,7,8)(H2,9,11). The van der Waals surface area contributed by atoms with Crippen LogP contribution in [0.15, 0.2) is 0 Å². The number of nitrogens with zero attached hydrogens (tertiary/aromatic N) is 1. The minimum atomic E-state index is -0.526. The molecule has 0 aliphatic rings. The molecule has 0 radical (unpaired) electrons. The minimum Gasteiger partial charge on any atom is -0.386 e. The minimum absolute atomic E-state index is 0.0442. The fraction of sp³-hybridized carbons (Fsp3) is 0.667. The largest absolute Gasteiger partial charge is 0.386 e. The summed E-state index contributed by atoms with van der Waals surface area (Å²) in [7, 11) is 0. The van der Waals surface area contributed by atoms with Gasteiger partial charge in [0.15, 0.2) is 0 Å². The highest BCUT2D eigenvalue weighted by molar-refractivity contribution is 5.83. The van der Waals surface area contributed by atoms with Crippen molar-refractivity contribution in [1.29, 1.82) is 5.41 Å². The molecule has 64 valence electrons. The average Bonchev–Trinajstić information content (AvgIpc) is 1.86. The molecule has 0 unspecified atom stereocenters. The smallest absolute Gasteiger partial charge is 0.315 e. The Morgan fingerprint density at radius 1 is 1.55 bits per heavy atom. The molecular formula is C6H14N4O. The van der Waals surface area contributed by atoms with Gasteiger partial charge in [-0.05, 0) is 6.42 Å². The van der Waals surface area contributed by atoms with Gasteiger partial charge in [0.2, 0.25) is 0 Å². The van der Waals surface area contributed by atoms with E-state index < -0.39 is 6.03 Å².